The maximum atomic E-state index is 12.9. The maximum absolute atomic E-state index is 12.9. The zero-order chi connectivity index (χ0) is 59.9. The zero-order valence-corrected chi connectivity index (χ0v) is 54.7. The molecule has 0 saturated heterocycles. The Balaban J connectivity index is 4.43. The monoisotopic (exact) mass is 1150 g/mol. The van der Waals surface area contributed by atoms with Gasteiger partial charge in [-0.2, -0.15) is 0 Å². The van der Waals surface area contributed by atoms with E-state index in [0.717, 1.165) is 103 Å². The highest BCUT2D eigenvalue weighted by molar-refractivity contribution is 5.71. The molecule has 0 rings (SSSR count). The van der Waals surface area contributed by atoms with Gasteiger partial charge in [-0.3, -0.25) is 14.4 Å². The summed E-state index contributed by atoms with van der Waals surface area (Å²) in [5.41, 5.74) is 0. The van der Waals surface area contributed by atoms with Gasteiger partial charge in [0.2, 0.25) is 0 Å². The average Bonchev–Trinajstić information content (AvgIpc) is 3.49. The molecule has 1 unspecified atom stereocenters. The van der Waals surface area contributed by atoms with Crippen molar-refractivity contribution < 1.29 is 28.6 Å². The Bertz CT molecular complexity index is 1660. The van der Waals surface area contributed by atoms with E-state index >= 15 is 0 Å². The Morgan fingerprint density at radius 3 is 0.795 bits per heavy atom. The Morgan fingerprint density at radius 2 is 0.482 bits per heavy atom. The lowest BCUT2D eigenvalue weighted by molar-refractivity contribution is -0.167. The highest BCUT2D eigenvalue weighted by atomic mass is 16.6. The number of carbonyl (C=O) groups is 3. The Morgan fingerprint density at radius 1 is 0.253 bits per heavy atom. The van der Waals surface area contributed by atoms with E-state index < -0.39 is 6.10 Å². The molecule has 1 atom stereocenters. The predicted octanol–water partition coefficient (Wildman–Crippen LogP) is 24.6. The number of rotatable bonds is 64. The van der Waals surface area contributed by atoms with E-state index in [1.54, 1.807) is 0 Å². The van der Waals surface area contributed by atoms with Crippen molar-refractivity contribution in [3.63, 3.8) is 0 Å². The van der Waals surface area contributed by atoms with Crippen LogP contribution in [0.15, 0.2) is 109 Å². The van der Waals surface area contributed by atoms with Crippen molar-refractivity contribution in [3.8, 4) is 0 Å². The van der Waals surface area contributed by atoms with E-state index in [-0.39, 0.29) is 37.5 Å². The van der Waals surface area contributed by atoms with Gasteiger partial charge in [0.15, 0.2) is 6.10 Å². The first kappa shape index (κ1) is 79.1. The summed E-state index contributed by atoms with van der Waals surface area (Å²) in [6.45, 7) is 6.49. The van der Waals surface area contributed by atoms with Crippen LogP contribution in [0.3, 0.4) is 0 Å². The largest absolute Gasteiger partial charge is 0.462 e. The first-order valence-corrected chi connectivity index (χ1v) is 35.4. The van der Waals surface area contributed by atoms with Gasteiger partial charge in [0.25, 0.3) is 0 Å². The number of ether oxygens (including phenoxy) is 3. The number of unbranched alkanes of at least 4 members (excludes halogenated alkanes) is 35. The van der Waals surface area contributed by atoms with E-state index in [9.17, 15) is 14.4 Å². The molecular formula is C77H132O6. The summed E-state index contributed by atoms with van der Waals surface area (Å²) in [7, 11) is 0. The van der Waals surface area contributed by atoms with Crippen molar-refractivity contribution in [2.24, 2.45) is 0 Å². The SMILES string of the molecule is CC/C=C\C/C=C\C/C=C\C/C=C\C/C=C\C/C=C\C/C=C\CCCC(=O)OC(COC(=O)CCCCCCCCC/C=C\C/C=C\CCCCC)COC(=O)CCCCCCCCCCCCCCCCCCCCCCCCCCC. The summed E-state index contributed by atoms with van der Waals surface area (Å²) in [5, 5.41) is 0. The Labute approximate surface area is 514 Å². The van der Waals surface area contributed by atoms with Crippen LogP contribution in [0.4, 0.5) is 0 Å². The summed E-state index contributed by atoms with van der Waals surface area (Å²) >= 11 is 0. The second-order valence-corrected chi connectivity index (χ2v) is 23.4. The van der Waals surface area contributed by atoms with Crippen LogP contribution >= 0.6 is 0 Å². The van der Waals surface area contributed by atoms with Crippen molar-refractivity contribution in [1.29, 1.82) is 0 Å². The molecule has 0 aliphatic carbocycles. The van der Waals surface area contributed by atoms with Crippen molar-refractivity contribution >= 4 is 17.9 Å². The minimum Gasteiger partial charge on any atom is -0.462 e. The molecule has 6 nitrogen and oxygen atoms in total. The van der Waals surface area contributed by atoms with Crippen LogP contribution in [0.25, 0.3) is 0 Å². The van der Waals surface area contributed by atoms with E-state index in [4.69, 9.17) is 14.2 Å². The van der Waals surface area contributed by atoms with Gasteiger partial charge in [-0.15, -0.1) is 0 Å². The van der Waals surface area contributed by atoms with Crippen LogP contribution in [0.2, 0.25) is 0 Å². The second-order valence-electron chi connectivity index (χ2n) is 23.4. The van der Waals surface area contributed by atoms with Gasteiger partial charge in [-0.05, 0) is 103 Å². The summed E-state index contributed by atoms with van der Waals surface area (Å²) in [6.07, 6.45) is 96.9. The molecule has 0 aromatic rings. The van der Waals surface area contributed by atoms with E-state index in [1.165, 1.54) is 193 Å². The van der Waals surface area contributed by atoms with Crippen molar-refractivity contribution in [2.45, 2.75) is 348 Å². The zero-order valence-electron chi connectivity index (χ0n) is 54.7. The molecule has 0 spiro atoms. The lowest BCUT2D eigenvalue weighted by Gasteiger charge is -2.18. The third-order valence-corrected chi connectivity index (χ3v) is 15.3. The van der Waals surface area contributed by atoms with Gasteiger partial charge in [0, 0.05) is 19.3 Å². The van der Waals surface area contributed by atoms with E-state index in [2.05, 4.69) is 130 Å². The number of hydrogen-bond acceptors (Lipinski definition) is 6. The lowest BCUT2D eigenvalue weighted by Crippen LogP contribution is -2.30. The van der Waals surface area contributed by atoms with Gasteiger partial charge >= 0.3 is 17.9 Å². The molecule has 0 N–H and O–H groups in total. The van der Waals surface area contributed by atoms with Crippen LogP contribution in [-0.2, 0) is 28.6 Å². The molecule has 476 valence electrons. The molecule has 0 amide bonds. The van der Waals surface area contributed by atoms with Crippen molar-refractivity contribution in [2.75, 3.05) is 13.2 Å². The Hall–Kier alpha value is -3.93. The minimum absolute atomic E-state index is 0.102. The number of allylic oxidation sites excluding steroid dienone is 18. The van der Waals surface area contributed by atoms with Crippen molar-refractivity contribution in [1.82, 2.24) is 0 Å². The fourth-order valence-electron chi connectivity index (χ4n) is 9.99. The minimum atomic E-state index is -0.815. The average molecular weight is 1150 g/mol. The van der Waals surface area contributed by atoms with Crippen molar-refractivity contribution in [3.05, 3.63) is 109 Å². The molecule has 0 saturated carbocycles. The molecule has 0 aliphatic heterocycles. The Kier molecular flexibility index (Phi) is 67.2. The summed E-state index contributed by atoms with van der Waals surface area (Å²) in [4.78, 5) is 38.5. The fraction of sp³-hybridized carbons (Fsp3) is 0.727. The summed E-state index contributed by atoms with van der Waals surface area (Å²) in [6, 6.07) is 0. The van der Waals surface area contributed by atoms with Gasteiger partial charge in [-0.25, -0.2) is 0 Å². The highest BCUT2D eigenvalue weighted by Crippen LogP contribution is 2.17. The highest BCUT2D eigenvalue weighted by Gasteiger charge is 2.19. The molecule has 0 aromatic carbocycles. The van der Waals surface area contributed by atoms with Gasteiger partial charge in [-0.1, -0.05) is 329 Å². The third kappa shape index (κ3) is 68.7. The smallest absolute Gasteiger partial charge is 0.306 e. The molecule has 83 heavy (non-hydrogen) atoms. The maximum Gasteiger partial charge on any atom is 0.306 e. The molecule has 0 radical (unpaired) electrons. The lowest BCUT2D eigenvalue weighted by atomic mass is 10.0. The third-order valence-electron chi connectivity index (χ3n) is 15.3. The summed E-state index contributed by atoms with van der Waals surface area (Å²) < 4.78 is 16.9. The number of hydrogen-bond donors (Lipinski definition) is 0. The molecular weight excluding hydrogens is 1020 g/mol. The van der Waals surface area contributed by atoms with Gasteiger partial charge in [0.05, 0.1) is 0 Å². The van der Waals surface area contributed by atoms with Crippen LogP contribution in [-0.4, -0.2) is 37.2 Å². The summed E-state index contributed by atoms with van der Waals surface area (Å²) in [5.74, 6) is -0.956. The fourth-order valence-corrected chi connectivity index (χ4v) is 9.99. The first-order chi connectivity index (χ1) is 41.0. The molecule has 0 aliphatic rings. The van der Waals surface area contributed by atoms with Crippen LogP contribution in [0.5, 0.6) is 0 Å². The molecule has 0 aromatic heterocycles. The topological polar surface area (TPSA) is 78.9 Å². The molecule has 0 heterocycles. The quantitative estimate of drug-likeness (QED) is 0.0261. The number of esters is 3. The first-order valence-electron chi connectivity index (χ1n) is 35.4. The van der Waals surface area contributed by atoms with Gasteiger partial charge < -0.3 is 14.2 Å². The molecule has 0 fully saturated rings. The predicted molar refractivity (Wildman–Crippen MR) is 362 cm³/mol. The normalized spacial score (nSPS) is 12.8. The van der Waals surface area contributed by atoms with E-state index in [0.29, 0.717) is 19.3 Å². The molecule has 0 bridgehead atoms. The number of carbonyl (C=O) groups excluding carboxylic acids is 3. The standard InChI is InChI=1S/C77H132O6/c1-4-7-10-13-16-19-22-25-28-31-33-35-37-38-40-41-43-46-49-52-55-58-61-64-67-70-76(79)82-73-74(72-81-75(78)69-66-63-60-57-54-51-48-45-30-27-24-21-18-15-12-9-6-3)83-77(80)71-68-65-62-59-56-53-50-47-44-42-39-36-34-32-29-26-23-20-17-14-11-8-5-2/h8,11,17-18,20-21,26-27,29-30,34,36,42,44,50,53,59,62,74H,4-7,9-10,12-16,19,22-25,28,31-33,35,37-41,43,45-49,51-52,54-58,60-61,63-73H2,1-3H3/b11-8-,20-17-,21-18-,29-26-,30-27-,36-34-,44-42-,53-50-,62-59-. The second kappa shape index (κ2) is 70.6. The van der Waals surface area contributed by atoms with Crippen LogP contribution in [0.1, 0.15) is 342 Å². The van der Waals surface area contributed by atoms with Crippen LogP contribution in [0, 0.1) is 0 Å². The molecule has 6 heteroatoms. The van der Waals surface area contributed by atoms with E-state index in [1.807, 2.05) is 0 Å². The van der Waals surface area contributed by atoms with Crippen LogP contribution < -0.4 is 0 Å². The van der Waals surface area contributed by atoms with Gasteiger partial charge in [0.1, 0.15) is 13.2 Å².